The molecule has 2 rings (SSSR count). The van der Waals surface area contributed by atoms with Crippen molar-refractivity contribution >= 4 is 23.5 Å². The molecule has 0 unspecified atom stereocenters. The van der Waals surface area contributed by atoms with Gasteiger partial charge < -0.3 is 25.0 Å². The maximum absolute atomic E-state index is 12.0. The van der Waals surface area contributed by atoms with E-state index in [2.05, 4.69) is 10.6 Å². The van der Waals surface area contributed by atoms with Gasteiger partial charge in [0.2, 0.25) is 0 Å². The highest BCUT2D eigenvalue weighted by Gasteiger charge is 2.24. The average Bonchev–Trinajstić information content (AvgIpc) is 2.63. The van der Waals surface area contributed by atoms with Crippen LogP contribution in [0.5, 0.6) is 5.75 Å². The van der Waals surface area contributed by atoms with Gasteiger partial charge in [-0.15, -0.1) is 0 Å². The zero-order chi connectivity index (χ0) is 19.8. The van der Waals surface area contributed by atoms with Gasteiger partial charge in [-0.3, -0.25) is 4.79 Å². The summed E-state index contributed by atoms with van der Waals surface area (Å²) in [6.45, 7) is 6.05. The first-order valence-electron chi connectivity index (χ1n) is 9.19. The third kappa shape index (κ3) is 6.59. The Kier molecular flexibility index (Phi) is 8.19. The molecule has 2 N–H and O–H groups in total. The van der Waals surface area contributed by atoms with Crippen molar-refractivity contribution in [1.29, 1.82) is 0 Å². The summed E-state index contributed by atoms with van der Waals surface area (Å²) >= 11 is 6.29. The number of urea groups is 1. The van der Waals surface area contributed by atoms with E-state index in [0.29, 0.717) is 42.6 Å². The van der Waals surface area contributed by atoms with E-state index in [-0.39, 0.29) is 24.1 Å². The van der Waals surface area contributed by atoms with Crippen LogP contribution in [-0.4, -0.2) is 62.3 Å². The molecule has 1 aromatic carbocycles. The monoisotopic (exact) mass is 397 g/mol. The normalized spacial score (nSPS) is 14.9. The summed E-state index contributed by atoms with van der Waals surface area (Å²) in [7, 11) is 1.58. The van der Waals surface area contributed by atoms with Gasteiger partial charge in [0.05, 0.1) is 11.6 Å². The molecule has 150 valence electrons. The molecule has 3 amide bonds. The topological polar surface area (TPSA) is 79.9 Å². The number of halogens is 1. The number of hydrogen-bond acceptors (Lipinski definition) is 4. The lowest BCUT2D eigenvalue weighted by atomic mass is 10.1. The molecule has 0 aromatic heterocycles. The fourth-order valence-corrected chi connectivity index (χ4v) is 3.03. The van der Waals surface area contributed by atoms with Crippen molar-refractivity contribution in [3.05, 3.63) is 28.8 Å². The van der Waals surface area contributed by atoms with E-state index < -0.39 is 0 Å². The van der Waals surface area contributed by atoms with Crippen molar-refractivity contribution in [3.63, 3.8) is 0 Å². The number of methoxy groups -OCH3 is 1. The first-order valence-corrected chi connectivity index (χ1v) is 9.57. The van der Waals surface area contributed by atoms with Crippen molar-refractivity contribution in [2.75, 3.05) is 33.4 Å². The van der Waals surface area contributed by atoms with Gasteiger partial charge in [0.15, 0.2) is 0 Å². The summed E-state index contributed by atoms with van der Waals surface area (Å²) in [5, 5.41) is 6.05. The van der Waals surface area contributed by atoms with Gasteiger partial charge >= 0.3 is 6.03 Å². The highest BCUT2D eigenvalue weighted by atomic mass is 35.5. The molecular weight excluding hydrogens is 370 g/mol. The van der Waals surface area contributed by atoms with Crippen LogP contribution in [0.4, 0.5) is 4.79 Å². The van der Waals surface area contributed by atoms with Crippen LogP contribution in [0.1, 0.15) is 37.0 Å². The van der Waals surface area contributed by atoms with Gasteiger partial charge in [-0.1, -0.05) is 11.6 Å². The fraction of sp³-hybridized carbons (Fsp3) is 0.579. The van der Waals surface area contributed by atoms with Crippen LogP contribution >= 0.6 is 11.6 Å². The molecule has 0 atom stereocenters. The Morgan fingerprint density at radius 2 is 2.00 bits per heavy atom. The molecule has 0 bridgehead atoms. The first kappa shape index (κ1) is 21.3. The third-order valence-corrected chi connectivity index (χ3v) is 4.52. The number of nitrogens with zero attached hydrogens (tertiary/aromatic N) is 1. The minimum Gasteiger partial charge on any atom is -0.489 e. The summed E-state index contributed by atoms with van der Waals surface area (Å²) in [6, 6.07) is 5.09. The first-order chi connectivity index (χ1) is 12.9. The predicted molar refractivity (Wildman–Crippen MR) is 105 cm³/mol. The van der Waals surface area contributed by atoms with Crippen LogP contribution in [-0.2, 0) is 4.74 Å². The second kappa shape index (κ2) is 10.4. The lowest BCUT2D eigenvalue weighted by Gasteiger charge is -2.32. The minimum atomic E-state index is -0.204. The number of likely N-dealkylation sites (tertiary alicyclic amines) is 1. The molecule has 0 aliphatic carbocycles. The summed E-state index contributed by atoms with van der Waals surface area (Å²) in [6.07, 6.45) is 1.47. The number of carbonyl (C=O) groups excluding carboxylic acids is 2. The van der Waals surface area contributed by atoms with E-state index in [4.69, 9.17) is 21.1 Å². The maximum atomic E-state index is 12.0. The number of carbonyl (C=O) groups is 2. The molecular formula is C19H28ClN3O4. The van der Waals surface area contributed by atoms with Crippen LogP contribution in [0.3, 0.4) is 0 Å². The Morgan fingerprint density at radius 3 is 2.59 bits per heavy atom. The largest absolute Gasteiger partial charge is 0.489 e. The molecule has 1 aliphatic heterocycles. The Morgan fingerprint density at radius 1 is 1.30 bits per heavy atom. The molecule has 27 heavy (non-hydrogen) atoms. The van der Waals surface area contributed by atoms with E-state index in [1.165, 1.54) is 0 Å². The molecule has 8 heteroatoms. The van der Waals surface area contributed by atoms with E-state index in [1.807, 2.05) is 13.8 Å². The molecule has 0 spiro atoms. The van der Waals surface area contributed by atoms with Crippen LogP contribution in [0.25, 0.3) is 0 Å². The Hall–Kier alpha value is -1.99. The van der Waals surface area contributed by atoms with Crippen molar-refractivity contribution in [2.45, 2.75) is 38.8 Å². The van der Waals surface area contributed by atoms with Crippen LogP contribution in [0.15, 0.2) is 18.2 Å². The Bertz CT molecular complexity index is 646. The second-order valence-corrected chi connectivity index (χ2v) is 7.21. The average molecular weight is 398 g/mol. The lowest BCUT2D eigenvalue weighted by molar-refractivity contribution is 0.0937. The quantitative estimate of drug-likeness (QED) is 0.693. The number of hydrogen-bond donors (Lipinski definition) is 2. The molecule has 1 heterocycles. The Labute approximate surface area is 165 Å². The van der Waals surface area contributed by atoms with Crippen molar-refractivity contribution < 1.29 is 19.1 Å². The maximum Gasteiger partial charge on any atom is 0.317 e. The number of piperidine rings is 1. The van der Waals surface area contributed by atoms with E-state index >= 15 is 0 Å². The van der Waals surface area contributed by atoms with E-state index in [0.717, 1.165) is 12.8 Å². The molecule has 0 saturated carbocycles. The number of amides is 3. The molecule has 0 radical (unpaired) electrons. The SMILES string of the molecule is COCCNC(=O)c1ccc(OC2CCN(C(=O)NC(C)C)CC2)c(Cl)c1. The zero-order valence-electron chi connectivity index (χ0n) is 16.1. The standard InChI is InChI=1S/C19H28ClN3O4/c1-13(2)22-19(25)23-9-6-15(7-10-23)27-17-5-4-14(12-16(17)20)18(24)21-8-11-26-3/h4-5,12-13,15H,6-11H2,1-3H3,(H,21,24)(H,22,25). The van der Waals surface area contributed by atoms with Gasteiger partial charge in [-0.05, 0) is 32.0 Å². The predicted octanol–water partition coefficient (Wildman–Crippen LogP) is 2.68. The van der Waals surface area contributed by atoms with Crippen LogP contribution in [0.2, 0.25) is 5.02 Å². The molecule has 1 aromatic rings. The second-order valence-electron chi connectivity index (χ2n) is 6.80. The summed E-state index contributed by atoms with van der Waals surface area (Å²) in [5.74, 6) is 0.347. The zero-order valence-corrected chi connectivity index (χ0v) is 16.8. The highest BCUT2D eigenvalue weighted by Crippen LogP contribution is 2.28. The minimum absolute atomic E-state index is 0.00743. The molecule has 7 nitrogen and oxygen atoms in total. The van der Waals surface area contributed by atoms with E-state index in [1.54, 1.807) is 30.2 Å². The summed E-state index contributed by atoms with van der Waals surface area (Å²) in [4.78, 5) is 25.9. The van der Waals surface area contributed by atoms with Crippen LogP contribution in [0, 0.1) is 0 Å². The number of ether oxygens (including phenoxy) is 2. The summed E-state index contributed by atoms with van der Waals surface area (Å²) in [5.41, 5.74) is 0.476. The smallest absolute Gasteiger partial charge is 0.317 e. The third-order valence-electron chi connectivity index (χ3n) is 4.22. The van der Waals surface area contributed by atoms with Crippen LogP contribution < -0.4 is 15.4 Å². The van der Waals surface area contributed by atoms with Crippen molar-refractivity contribution in [1.82, 2.24) is 15.5 Å². The fourth-order valence-electron chi connectivity index (χ4n) is 2.80. The molecule has 1 fully saturated rings. The number of benzene rings is 1. The Balaban J connectivity index is 1.86. The van der Waals surface area contributed by atoms with Crippen molar-refractivity contribution in [3.8, 4) is 5.75 Å². The highest BCUT2D eigenvalue weighted by molar-refractivity contribution is 6.32. The summed E-state index contributed by atoms with van der Waals surface area (Å²) < 4.78 is 10.9. The number of rotatable bonds is 7. The van der Waals surface area contributed by atoms with Gasteiger partial charge in [-0.25, -0.2) is 4.79 Å². The van der Waals surface area contributed by atoms with E-state index in [9.17, 15) is 9.59 Å². The molecule has 1 saturated heterocycles. The number of nitrogens with one attached hydrogen (secondary N) is 2. The van der Waals surface area contributed by atoms with Gasteiger partial charge in [-0.2, -0.15) is 0 Å². The lowest BCUT2D eigenvalue weighted by Crippen LogP contribution is -2.48. The van der Waals surface area contributed by atoms with Gasteiger partial charge in [0.1, 0.15) is 11.9 Å². The van der Waals surface area contributed by atoms with Gasteiger partial charge in [0, 0.05) is 51.2 Å². The van der Waals surface area contributed by atoms with Crippen molar-refractivity contribution in [2.24, 2.45) is 0 Å². The molecule has 1 aliphatic rings. The van der Waals surface area contributed by atoms with Gasteiger partial charge in [0.25, 0.3) is 5.91 Å².